The number of hydrogen-bond acceptors (Lipinski definition) is 7. The molecule has 0 saturated carbocycles. The predicted octanol–water partition coefficient (Wildman–Crippen LogP) is 3.06. The lowest BCUT2D eigenvalue weighted by atomic mass is 10.1. The Bertz CT molecular complexity index is 837. The number of carbonyl (C=O) groups is 1. The Kier molecular flexibility index (Phi) is 5.13. The minimum Gasteiger partial charge on any atom is -0.478 e. The molecule has 140 valence electrons. The average molecular weight is 367 g/mol. The van der Waals surface area contributed by atoms with Crippen molar-refractivity contribution in [2.45, 2.75) is 31.8 Å². The van der Waals surface area contributed by atoms with E-state index in [-0.39, 0.29) is 12.2 Å². The van der Waals surface area contributed by atoms with Crippen molar-refractivity contribution in [2.75, 3.05) is 18.5 Å². The molecule has 5 rings (SSSR count). The van der Waals surface area contributed by atoms with Gasteiger partial charge in [-0.05, 0) is 24.5 Å². The normalized spacial score (nSPS) is 20.1. The molecular weight excluding hydrogens is 346 g/mol. The standard InChI is InChI=1S/C19H21N5O3/c25-19-20-8-1-2-9-26-17-5-3-4-16(23-17)24-18-21-11-14(12-22-18)13-6-7-15(10-13)27-19/h3-6,11-12,15H,1-2,7-10H2,(H,20,25)(H,21,22,23,24)/t15-/m0/s1. The molecule has 0 fully saturated rings. The van der Waals surface area contributed by atoms with E-state index in [9.17, 15) is 4.79 Å². The summed E-state index contributed by atoms with van der Waals surface area (Å²) < 4.78 is 11.1. The van der Waals surface area contributed by atoms with Crippen LogP contribution in [0.15, 0.2) is 36.7 Å². The number of anilines is 2. The molecule has 0 spiro atoms. The second kappa shape index (κ2) is 8.03. The van der Waals surface area contributed by atoms with E-state index in [1.165, 1.54) is 0 Å². The van der Waals surface area contributed by atoms with Crippen molar-refractivity contribution >= 4 is 23.4 Å². The number of aromatic nitrogens is 3. The molecule has 2 aromatic heterocycles. The summed E-state index contributed by atoms with van der Waals surface area (Å²) in [6, 6.07) is 5.50. The van der Waals surface area contributed by atoms with E-state index in [0.29, 0.717) is 43.6 Å². The van der Waals surface area contributed by atoms with Gasteiger partial charge < -0.3 is 20.1 Å². The number of nitrogens with zero attached hydrogens (tertiary/aromatic N) is 3. The maximum atomic E-state index is 11.9. The average Bonchev–Trinajstić information content (AvgIpc) is 3.13. The van der Waals surface area contributed by atoms with Gasteiger partial charge in [0, 0.05) is 43.4 Å². The van der Waals surface area contributed by atoms with Gasteiger partial charge in [-0.25, -0.2) is 14.8 Å². The maximum absolute atomic E-state index is 11.9. The summed E-state index contributed by atoms with van der Waals surface area (Å²) in [5.74, 6) is 1.62. The molecule has 27 heavy (non-hydrogen) atoms. The van der Waals surface area contributed by atoms with Crippen molar-refractivity contribution in [1.82, 2.24) is 20.3 Å². The molecule has 8 heteroatoms. The molecule has 6 bridgehead atoms. The first-order valence-corrected chi connectivity index (χ1v) is 9.09. The summed E-state index contributed by atoms with van der Waals surface area (Å²) in [7, 11) is 0. The van der Waals surface area contributed by atoms with Gasteiger partial charge >= 0.3 is 6.09 Å². The summed E-state index contributed by atoms with van der Waals surface area (Å²) in [4.78, 5) is 25.0. The number of carbonyl (C=O) groups excluding carboxylic acids is 1. The third kappa shape index (κ3) is 4.52. The molecule has 1 atom stereocenters. The minimum atomic E-state index is -0.376. The molecule has 0 aromatic carbocycles. The van der Waals surface area contributed by atoms with Gasteiger partial charge in [-0.1, -0.05) is 12.1 Å². The molecule has 2 aromatic rings. The van der Waals surface area contributed by atoms with Gasteiger partial charge in [-0.3, -0.25) is 0 Å². The van der Waals surface area contributed by atoms with Gasteiger partial charge in [-0.15, -0.1) is 0 Å². The van der Waals surface area contributed by atoms with Crippen LogP contribution in [0, 0.1) is 0 Å². The van der Waals surface area contributed by atoms with E-state index >= 15 is 0 Å². The van der Waals surface area contributed by atoms with Crippen molar-refractivity contribution in [3.8, 4) is 5.88 Å². The zero-order chi connectivity index (χ0) is 18.5. The number of nitrogens with one attached hydrogen (secondary N) is 2. The number of hydrogen-bond donors (Lipinski definition) is 2. The summed E-state index contributed by atoms with van der Waals surface area (Å²) >= 11 is 0. The Hall–Kier alpha value is -3.16. The van der Waals surface area contributed by atoms with Crippen molar-refractivity contribution in [1.29, 1.82) is 0 Å². The highest BCUT2D eigenvalue weighted by atomic mass is 16.6. The Morgan fingerprint density at radius 2 is 2.04 bits per heavy atom. The lowest BCUT2D eigenvalue weighted by Gasteiger charge is -2.13. The molecular formula is C19H21N5O3. The number of amides is 1. The fraction of sp³-hybridized carbons (Fsp3) is 0.368. The van der Waals surface area contributed by atoms with Gasteiger partial charge in [-0.2, -0.15) is 4.98 Å². The summed E-state index contributed by atoms with van der Waals surface area (Å²) in [6.45, 7) is 1.08. The predicted molar refractivity (Wildman–Crippen MR) is 99.8 cm³/mol. The first kappa shape index (κ1) is 17.3. The van der Waals surface area contributed by atoms with E-state index in [4.69, 9.17) is 9.47 Å². The Morgan fingerprint density at radius 1 is 1.15 bits per heavy atom. The van der Waals surface area contributed by atoms with Crippen LogP contribution in [0.1, 0.15) is 31.2 Å². The monoisotopic (exact) mass is 367 g/mol. The van der Waals surface area contributed by atoms with Crippen molar-refractivity contribution in [3.05, 3.63) is 42.2 Å². The van der Waals surface area contributed by atoms with Crippen LogP contribution in [0.3, 0.4) is 0 Å². The SMILES string of the molecule is O=C1NCCCCOc2cccc(n2)Nc2ncc(cn2)C2=CC[C@@H](C2)O1. The lowest BCUT2D eigenvalue weighted by Crippen LogP contribution is -2.29. The highest BCUT2D eigenvalue weighted by Gasteiger charge is 2.22. The van der Waals surface area contributed by atoms with E-state index in [2.05, 4.69) is 31.7 Å². The van der Waals surface area contributed by atoms with Crippen LogP contribution in [-0.4, -0.2) is 40.3 Å². The second-order valence-electron chi connectivity index (χ2n) is 6.46. The van der Waals surface area contributed by atoms with Crippen molar-refractivity contribution < 1.29 is 14.3 Å². The summed E-state index contributed by atoms with van der Waals surface area (Å²) in [5.41, 5.74) is 2.01. The van der Waals surface area contributed by atoms with Gasteiger partial charge in [0.2, 0.25) is 11.8 Å². The molecule has 4 heterocycles. The molecule has 3 aliphatic rings. The lowest BCUT2D eigenvalue weighted by molar-refractivity contribution is 0.104. The third-order valence-electron chi connectivity index (χ3n) is 4.42. The summed E-state index contributed by atoms with van der Waals surface area (Å²) in [5, 5.41) is 5.88. The van der Waals surface area contributed by atoms with Gasteiger partial charge in [0.05, 0.1) is 6.61 Å². The fourth-order valence-corrected chi connectivity index (χ4v) is 3.04. The molecule has 8 nitrogen and oxygen atoms in total. The quantitative estimate of drug-likeness (QED) is 0.738. The van der Waals surface area contributed by atoms with Gasteiger partial charge in [0.25, 0.3) is 0 Å². The van der Waals surface area contributed by atoms with Crippen molar-refractivity contribution in [2.24, 2.45) is 0 Å². The first-order chi connectivity index (χ1) is 13.3. The Labute approximate surface area is 157 Å². The van der Waals surface area contributed by atoms with Crippen LogP contribution in [0.4, 0.5) is 16.6 Å². The van der Waals surface area contributed by atoms with E-state index in [0.717, 1.165) is 24.0 Å². The molecule has 2 N–H and O–H groups in total. The van der Waals surface area contributed by atoms with Gasteiger partial charge in [0.15, 0.2) is 0 Å². The van der Waals surface area contributed by atoms with Crippen LogP contribution in [0.25, 0.3) is 5.57 Å². The zero-order valence-corrected chi connectivity index (χ0v) is 14.9. The smallest absolute Gasteiger partial charge is 0.407 e. The molecule has 2 aliphatic heterocycles. The Balaban J connectivity index is 1.52. The van der Waals surface area contributed by atoms with Gasteiger partial charge in [0.1, 0.15) is 11.9 Å². The summed E-state index contributed by atoms with van der Waals surface area (Å²) in [6.07, 6.45) is 8.06. The first-order valence-electron chi connectivity index (χ1n) is 9.09. The second-order valence-corrected chi connectivity index (χ2v) is 6.46. The highest BCUT2D eigenvalue weighted by Crippen LogP contribution is 2.29. The van der Waals surface area contributed by atoms with Crippen LogP contribution in [-0.2, 0) is 4.74 Å². The number of pyridine rings is 1. The van der Waals surface area contributed by atoms with Crippen LogP contribution in [0.5, 0.6) is 5.88 Å². The highest BCUT2D eigenvalue weighted by molar-refractivity contribution is 5.70. The third-order valence-corrected chi connectivity index (χ3v) is 4.42. The number of ether oxygens (including phenoxy) is 2. The number of fused-ring (bicyclic) bond motifs is 9. The maximum Gasteiger partial charge on any atom is 0.407 e. The van der Waals surface area contributed by atoms with Crippen molar-refractivity contribution in [3.63, 3.8) is 0 Å². The molecule has 1 amide bonds. The number of rotatable bonds is 0. The molecule has 0 unspecified atom stereocenters. The largest absolute Gasteiger partial charge is 0.478 e. The van der Waals surface area contributed by atoms with Crippen LogP contribution < -0.4 is 15.4 Å². The zero-order valence-electron chi connectivity index (χ0n) is 14.9. The van der Waals surface area contributed by atoms with Crippen LogP contribution in [0.2, 0.25) is 0 Å². The minimum absolute atomic E-state index is 0.145. The Morgan fingerprint density at radius 3 is 2.93 bits per heavy atom. The fourth-order valence-electron chi connectivity index (χ4n) is 3.04. The molecule has 0 radical (unpaired) electrons. The molecule has 0 saturated heterocycles. The number of alkyl carbamates (subject to hydrolysis) is 1. The van der Waals surface area contributed by atoms with E-state index in [1.54, 1.807) is 18.5 Å². The topological polar surface area (TPSA) is 98.3 Å². The van der Waals surface area contributed by atoms with E-state index in [1.807, 2.05) is 12.1 Å². The van der Waals surface area contributed by atoms with E-state index < -0.39 is 0 Å². The van der Waals surface area contributed by atoms with Crippen LogP contribution >= 0.6 is 0 Å². The molecule has 1 aliphatic carbocycles.